The van der Waals surface area contributed by atoms with Crippen molar-refractivity contribution in [2.24, 2.45) is 0 Å². The molecule has 4 heteroatoms. The molecule has 1 aromatic heterocycles. The molecular formula is C20H19ClN2O. The largest absolute Gasteiger partial charge is 0.464 e. The average Bonchev–Trinajstić information content (AvgIpc) is 2.99. The summed E-state index contributed by atoms with van der Waals surface area (Å²) in [6, 6.07) is 17.8. The van der Waals surface area contributed by atoms with Gasteiger partial charge in [-0.2, -0.15) is 5.26 Å². The summed E-state index contributed by atoms with van der Waals surface area (Å²) < 4.78 is 5.57. The molecule has 3 aromatic rings. The highest BCUT2D eigenvalue weighted by Gasteiger charge is 2.06. The molecule has 0 bridgehead atoms. The molecule has 24 heavy (non-hydrogen) atoms. The maximum absolute atomic E-state index is 8.79. The summed E-state index contributed by atoms with van der Waals surface area (Å²) in [5, 5.41) is 9.97. The van der Waals surface area contributed by atoms with E-state index >= 15 is 0 Å². The van der Waals surface area contributed by atoms with Gasteiger partial charge in [0.05, 0.1) is 17.9 Å². The fourth-order valence-corrected chi connectivity index (χ4v) is 2.55. The van der Waals surface area contributed by atoms with Crippen LogP contribution in [0.3, 0.4) is 0 Å². The summed E-state index contributed by atoms with van der Waals surface area (Å²) in [4.78, 5) is 2.23. The number of hydrogen-bond donors (Lipinski definition) is 0. The Kier molecular flexibility index (Phi) is 6.20. The van der Waals surface area contributed by atoms with Gasteiger partial charge >= 0.3 is 0 Å². The summed E-state index contributed by atoms with van der Waals surface area (Å²) in [6.45, 7) is 1.69. The lowest BCUT2D eigenvalue weighted by Crippen LogP contribution is -2.17. The van der Waals surface area contributed by atoms with Crippen molar-refractivity contribution in [3.63, 3.8) is 0 Å². The number of rotatable bonds is 5. The van der Waals surface area contributed by atoms with Gasteiger partial charge < -0.3 is 4.42 Å². The Hall–Kier alpha value is -2.54. The number of fused-ring (bicyclic) bond motifs is 1. The Bertz CT molecular complexity index is 859. The highest BCUT2D eigenvalue weighted by Crippen LogP contribution is 2.21. The Morgan fingerprint density at radius 1 is 1.12 bits per heavy atom. The van der Waals surface area contributed by atoms with E-state index in [0.717, 1.165) is 24.2 Å². The van der Waals surface area contributed by atoms with Crippen LogP contribution in [0.25, 0.3) is 17.0 Å². The molecule has 0 saturated heterocycles. The predicted octanol–water partition coefficient (Wildman–Crippen LogP) is 4.87. The smallest absolute Gasteiger partial charge is 0.134 e. The molecule has 0 N–H and O–H groups in total. The van der Waals surface area contributed by atoms with Crippen molar-refractivity contribution in [2.75, 3.05) is 13.6 Å². The van der Waals surface area contributed by atoms with Gasteiger partial charge in [0.15, 0.2) is 0 Å². The minimum Gasteiger partial charge on any atom is -0.464 e. The zero-order chi connectivity index (χ0) is 16.1. The first-order valence-electron chi connectivity index (χ1n) is 7.56. The van der Waals surface area contributed by atoms with Crippen LogP contribution in [0.4, 0.5) is 0 Å². The Morgan fingerprint density at radius 3 is 2.62 bits per heavy atom. The monoisotopic (exact) mass is 338 g/mol. The van der Waals surface area contributed by atoms with Gasteiger partial charge in [0.1, 0.15) is 5.58 Å². The van der Waals surface area contributed by atoms with Crippen molar-refractivity contribution < 1.29 is 4.42 Å². The fraction of sp³-hybridized carbons (Fsp3) is 0.150. The van der Waals surface area contributed by atoms with E-state index in [-0.39, 0.29) is 12.4 Å². The molecule has 0 fully saturated rings. The van der Waals surface area contributed by atoms with Crippen molar-refractivity contribution in [2.45, 2.75) is 6.54 Å². The standard InChI is InChI=1S/C20H18N2O.ClH/c1-22(12-4-5-16-8-10-17(13-21)11-9-16)14-18-15-23-20-7-3-2-6-19(18)20;/h2-11,15H,12,14H2,1H3;1H/b5-4+;. The minimum atomic E-state index is 0. The van der Waals surface area contributed by atoms with E-state index in [0.29, 0.717) is 5.56 Å². The van der Waals surface area contributed by atoms with Crippen LogP contribution >= 0.6 is 12.4 Å². The molecule has 3 rings (SSSR count). The van der Waals surface area contributed by atoms with Gasteiger partial charge in [0.25, 0.3) is 0 Å². The molecule has 0 aliphatic heterocycles. The molecule has 0 radical (unpaired) electrons. The summed E-state index contributed by atoms with van der Waals surface area (Å²) in [5.41, 5.74) is 3.93. The van der Waals surface area contributed by atoms with Gasteiger partial charge in [-0.15, -0.1) is 12.4 Å². The summed E-state index contributed by atoms with van der Waals surface area (Å²) in [5.74, 6) is 0. The van der Waals surface area contributed by atoms with E-state index < -0.39 is 0 Å². The average molecular weight is 339 g/mol. The lowest BCUT2D eigenvalue weighted by molar-refractivity contribution is 0.363. The maximum Gasteiger partial charge on any atom is 0.134 e. The van der Waals surface area contributed by atoms with Gasteiger partial charge in [-0.1, -0.05) is 42.5 Å². The van der Waals surface area contributed by atoms with E-state index in [1.54, 1.807) is 0 Å². The molecule has 0 saturated carbocycles. The zero-order valence-electron chi connectivity index (χ0n) is 13.5. The Labute approximate surface area is 148 Å². The van der Waals surface area contributed by atoms with E-state index in [2.05, 4.69) is 36.2 Å². The number of benzene rings is 2. The van der Waals surface area contributed by atoms with Gasteiger partial charge in [-0.3, -0.25) is 4.90 Å². The molecule has 0 aliphatic carbocycles. The molecule has 0 amide bonds. The number of nitrogens with zero attached hydrogens (tertiary/aromatic N) is 2. The first-order valence-corrected chi connectivity index (χ1v) is 7.56. The second-order valence-electron chi connectivity index (χ2n) is 5.59. The number of hydrogen-bond acceptors (Lipinski definition) is 3. The lowest BCUT2D eigenvalue weighted by Gasteiger charge is -2.13. The Morgan fingerprint density at radius 2 is 1.88 bits per heavy atom. The molecule has 2 aromatic carbocycles. The first kappa shape index (κ1) is 17.8. The van der Waals surface area contributed by atoms with Crippen LogP contribution in [0.2, 0.25) is 0 Å². The third kappa shape index (κ3) is 4.26. The van der Waals surface area contributed by atoms with Crippen molar-refractivity contribution >= 4 is 29.5 Å². The third-order valence-electron chi connectivity index (χ3n) is 3.77. The molecule has 0 unspecified atom stereocenters. The van der Waals surface area contributed by atoms with E-state index in [9.17, 15) is 0 Å². The van der Waals surface area contributed by atoms with E-state index in [1.807, 2.05) is 48.7 Å². The summed E-state index contributed by atoms with van der Waals surface area (Å²) in [7, 11) is 2.09. The van der Waals surface area contributed by atoms with Crippen LogP contribution in [0.1, 0.15) is 16.7 Å². The molecule has 1 heterocycles. The van der Waals surface area contributed by atoms with Crippen LogP contribution in [0, 0.1) is 11.3 Å². The highest BCUT2D eigenvalue weighted by atomic mass is 35.5. The summed E-state index contributed by atoms with van der Waals surface area (Å²) >= 11 is 0. The number of likely N-dealkylation sites (N-methyl/N-ethyl adjacent to an activating group) is 1. The molecule has 0 aliphatic rings. The third-order valence-corrected chi connectivity index (χ3v) is 3.77. The van der Waals surface area contributed by atoms with E-state index in [4.69, 9.17) is 9.68 Å². The minimum absolute atomic E-state index is 0. The van der Waals surface area contributed by atoms with Gasteiger partial charge in [-0.25, -0.2) is 0 Å². The van der Waals surface area contributed by atoms with Crippen LogP contribution in [-0.4, -0.2) is 18.5 Å². The van der Waals surface area contributed by atoms with Crippen LogP contribution < -0.4 is 0 Å². The fourth-order valence-electron chi connectivity index (χ4n) is 2.55. The summed E-state index contributed by atoms with van der Waals surface area (Å²) in [6.07, 6.45) is 6.04. The maximum atomic E-state index is 8.79. The topological polar surface area (TPSA) is 40.2 Å². The van der Waals surface area contributed by atoms with Gasteiger partial charge in [0.2, 0.25) is 0 Å². The van der Waals surface area contributed by atoms with Crippen LogP contribution in [-0.2, 0) is 6.54 Å². The molecule has 0 atom stereocenters. The molecule has 0 spiro atoms. The predicted molar refractivity (Wildman–Crippen MR) is 100.0 cm³/mol. The second-order valence-corrected chi connectivity index (χ2v) is 5.59. The number of halogens is 1. The van der Waals surface area contributed by atoms with Crippen molar-refractivity contribution in [3.8, 4) is 6.07 Å². The van der Waals surface area contributed by atoms with Gasteiger partial charge in [0, 0.05) is 24.0 Å². The molecular weight excluding hydrogens is 320 g/mol. The van der Waals surface area contributed by atoms with Crippen molar-refractivity contribution in [1.29, 1.82) is 5.26 Å². The first-order chi connectivity index (χ1) is 11.3. The van der Waals surface area contributed by atoms with E-state index in [1.165, 1.54) is 10.9 Å². The van der Waals surface area contributed by atoms with Crippen LogP contribution in [0.15, 0.2) is 65.3 Å². The zero-order valence-corrected chi connectivity index (χ0v) is 14.3. The normalized spacial score (nSPS) is 10.9. The lowest BCUT2D eigenvalue weighted by atomic mass is 10.1. The van der Waals surface area contributed by atoms with Crippen molar-refractivity contribution in [3.05, 3.63) is 77.6 Å². The Balaban J connectivity index is 0.00000208. The van der Waals surface area contributed by atoms with Crippen LogP contribution in [0.5, 0.6) is 0 Å². The van der Waals surface area contributed by atoms with Gasteiger partial charge in [-0.05, 0) is 30.8 Å². The molecule has 122 valence electrons. The number of para-hydroxylation sites is 1. The number of furan rings is 1. The SMILES string of the molecule is CN(C/C=C/c1ccc(C#N)cc1)Cc1coc2ccccc12.Cl. The second kappa shape index (κ2) is 8.35. The quantitative estimate of drug-likeness (QED) is 0.666. The number of nitriles is 1. The highest BCUT2D eigenvalue weighted by molar-refractivity contribution is 5.85. The van der Waals surface area contributed by atoms with Crippen molar-refractivity contribution in [1.82, 2.24) is 4.90 Å². The molecule has 3 nitrogen and oxygen atoms in total.